The quantitative estimate of drug-likeness (QED) is 0.619. The first-order valence-corrected chi connectivity index (χ1v) is 10.2. The Kier molecular flexibility index (Phi) is 6.93. The maximum Gasteiger partial charge on any atom is 0.238 e. The topological polar surface area (TPSA) is 110 Å². The fraction of sp³-hybridized carbons (Fsp3) is 0.444. The summed E-state index contributed by atoms with van der Waals surface area (Å²) in [7, 11) is -3.65. The van der Waals surface area contributed by atoms with Crippen LogP contribution >= 0.6 is 0 Å². The van der Waals surface area contributed by atoms with Gasteiger partial charge in [0, 0.05) is 19.2 Å². The average Bonchev–Trinajstić information content (AvgIpc) is 2.54. The summed E-state index contributed by atoms with van der Waals surface area (Å²) in [5.41, 5.74) is 1.02. The van der Waals surface area contributed by atoms with E-state index in [1.807, 2.05) is 13.0 Å². The van der Waals surface area contributed by atoms with Crippen LogP contribution in [0.1, 0.15) is 31.7 Å². The molecule has 2 rings (SSSR count). The summed E-state index contributed by atoms with van der Waals surface area (Å²) in [6, 6.07) is 8.49. The molecule has 7 nitrogen and oxygen atoms in total. The van der Waals surface area contributed by atoms with Gasteiger partial charge in [-0.15, -0.1) is 0 Å². The van der Waals surface area contributed by atoms with E-state index in [9.17, 15) is 8.42 Å². The molecule has 1 aromatic heterocycles. The Hall–Kier alpha value is -2.19. The first-order chi connectivity index (χ1) is 12.2. The Morgan fingerprint density at radius 2 is 1.62 bits per heavy atom. The summed E-state index contributed by atoms with van der Waals surface area (Å²) >= 11 is 0. The van der Waals surface area contributed by atoms with E-state index in [4.69, 9.17) is 5.14 Å². The highest BCUT2D eigenvalue weighted by atomic mass is 32.2. The molecule has 0 unspecified atom stereocenters. The zero-order chi connectivity index (χ0) is 19.2. The number of anilines is 2. The smallest absolute Gasteiger partial charge is 0.238 e. The molecule has 0 spiro atoms. The summed E-state index contributed by atoms with van der Waals surface area (Å²) in [5.74, 6) is 2.94. The molecule has 2 aromatic rings. The minimum absolute atomic E-state index is 0.123. The van der Waals surface area contributed by atoms with E-state index in [1.54, 1.807) is 12.1 Å². The molecule has 0 atom stereocenters. The third kappa shape index (κ3) is 6.61. The molecule has 0 radical (unpaired) electrons. The lowest BCUT2D eigenvalue weighted by molar-refractivity contribution is 0.597. The van der Waals surface area contributed by atoms with Gasteiger partial charge in [-0.05, 0) is 43.4 Å². The molecule has 4 N–H and O–H groups in total. The lowest BCUT2D eigenvalue weighted by Crippen LogP contribution is -2.12. The van der Waals surface area contributed by atoms with Gasteiger partial charge in [-0.25, -0.2) is 23.5 Å². The summed E-state index contributed by atoms with van der Waals surface area (Å²) in [6.45, 7) is 7.80. The number of primary sulfonamides is 1. The largest absolute Gasteiger partial charge is 0.370 e. The van der Waals surface area contributed by atoms with Gasteiger partial charge in [0.05, 0.1) is 4.90 Å². The van der Waals surface area contributed by atoms with Crippen molar-refractivity contribution in [2.24, 2.45) is 11.1 Å². The number of nitrogens with zero attached hydrogens (tertiary/aromatic N) is 2. The van der Waals surface area contributed by atoms with Crippen molar-refractivity contribution in [1.82, 2.24) is 9.97 Å². The van der Waals surface area contributed by atoms with E-state index < -0.39 is 10.0 Å². The highest BCUT2D eigenvalue weighted by Crippen LogP contribution is 2.13. The van der Waals surface area contributed by atoms with Crippen LogP contribution in [0, 0.1) is 12.8 Å². The van der Waals surface area contributed by atoms with Gasteiger partial charge in [0.15, 0.2) is 0 Å². The lowest BCUT2D eigenvalue weighted by Gasteiger charge is -2.11. The van der Waals surface area contributed by atoms with E-state index >= 15 is 0 Å². The van der Waals surface area contributed by atoms with E-state index in [2.05, 4.69) is 34.4 Å². The Morgan fingerprint density at radius 3 is 2.15 bits per heavy atom. The number of nitrogens with two attached hydrogens (primary N) is 1. The molecule has 1 heterocycles. The SMILES string of the molecule is Cc1nc(NCCc2ccc(S(N)(=O)=O)cc2)cc(NCCC(C)C)n1. The van der Waals surface area contributed by atoms with Crippen molar-refractivity contribution in [2.75, 3.05) is 23.7 Å². The minimum atomic E-state index is -3.65. The lowest BCUT2D eigenvalue weighted by atomic mass is 10.1. The first kappa shape index (κ1) is 20.1. The van der Waals surface area contributed by atoms with Crippen molar-refractivity contribution in [3.8, 4) is 0 Å². The summed E-state index contributed by atoms with van der Waals surface area (Å²) in [6.07, 6.45) is 1.82. The number of aryl methyl sites for hydroxylation is 1. The van der Waals surface area contributed by atoms with Gasteiger partial charge in [-0.2, -0.15) is 0 Å². The zero-order valence-corrected chi connectivity index (χ0v) is 16.3. The molecule has 1 aromatic carbocycles. The molecular weight excluding hydrogens is 350 g/mol. The van der Waals surface area contributed by atoms with E-state index in [0.717, 1.165) is 36.6 Å². The number of rotatable bonds is 9. The van der Waals surface area contributed by atoms with Crippen LogP contribution in [0.5, 0.6) is 0 Å². The van der Waals surface area contributed by atoms with Crippen molar-refractivity contribution >= 4 is 21.7 Å². The molecule has 0 amide bonds. The van der Waals surface area contributed by atoms with Crippen LogP contribution in [-0.4, -0.2) is 31.5 Å². The standard InChI is InChI=1S/C18H27N5O2S/c1-13(2)8-10-20-17-12-18(23-14(3)22-17)21-11-9-15-4-6-16(7-5-15)26(19,24)25/h4-7,12-13H,8-11H2,1-3H3,(H2,19,24,25)(H2,20,21,22,23). The van der Waals surface area contributed by atoms with Gasteiger partial charge in [0.25, 0.3) is 0 Å². The molecule has 142 valence electrons. The Labute approximate surface area is 155 Å². The number of sulfonamides is 1. The molecule has 0 bridgehead atoms. The fourth-order valence-corrected chi connectivity index (χ4v) is 2.93. The molecule has 8 heteroatoms. The van der Waals surface area contributed by atoms with E-state index in [1.165, 1.54) is 12.1 Å². The number of hydrogen-bond donors (Lipinski definition) is 3. The normalized spacial score (nSPS) is 11.6. The van der Waals surface area contributed by atoms with E-state index in [-0.39, 0.29) is 4.90 Å². The molecule has 0 aliphatic rings. The number of aromatic nitrogens is 2. The zero-order valence-electron chi connectivity index (χ0n) is 15.5. The van der Waals surface area contributed by atoms with Gasteiger partial charge in [-0.3, -0.25) is 0 Å². The summed E-state index contributed by atoms with van der Waals surface area (Å²) in [5, 5.41) is 11.7. The van der Waals surface area contributed by atoms with Crippen molar-refractivity contribution < 1.29 is 8.42 Å². The second kappa shape index (κ2) is 8.95. The average molecular weight is 378 g/mol. The summed E-state index contributed by atoms with van der Waals surface area (Å²) in [4.78, 5) is 8.92. The minimum Gasteiger partial charge on any atom is -0.370 e. The Morgan fingerprint density at radius 1 is 1.04 bits per heavy atom. The fourth-order valence-electron chi connectivity index (χ4n) is 2.42. The van der Waals surface area contributed by atoms with Crippen LogP contribution in [0.2, 0.25) is 0 Å². The molecule has 26 heavy (non-hydrogen) atoms. The van der Waals surface area contributed by atoms with Crippen molar-refractivity contribution in [3.63, 3.8) is 0 Å². The highest BCUT2D eigenvalue weighted by Gasteiger charge is 2.07. The van der Waals surface area contributed by atoms with Crippen LogP contribution in [0.3, 0.4) is 0 Å². The molecule has 0 saturated carbocycles. The second-order valence-corrected chi connectivity index (χ2v) is 8.22. The van der Waals surface area contributed by atoms with Gasteiger partial charge in [-0.1, -0.05) is 26.0 Å². The number of benzene rings is 1. The third-order valence-electron chi connectivity index (χ3n) is 3.84. The second-order valence-electron chi connectivity index (χ2n) is 6.66. The van der Waals surface area contributed by atoms with Crippen molar-refractivity contribution in [2.45, 2.75) is 38.5 Å². The molecular formula is C18H27N5O2S. The van der Waals surface area contributed by atoms with Crippen LogP contribution in [0.25, 0.3) is 0 Å². The van der Waals surface area contributed by atoms with Crippen molar-refractivity contribution in [3.05, 3.63) is 41.7 Å². The molecule has 0 aliphatic heterocycles. The first-order valence-electron chi connectivity index (χ1n) is 8.69. The highest BCUT2D eigenvalue weighted by molar-refractivity contribution is 7.89. The monoisotopic (exact) mass is 377 g/mol. The van der Waals surface area contributed by atoms with Crippen LogP contribution in [0.15, 0.2) is 35.2 Å². The predicted molar refractivity (Wildman–Crippen MR) is 105 cm³/mol. The maximum absolute atomic E-state index is 11.3. The Bertz CT molecular complexity index is 820. The van der Waals surface area contributed by atoms with Crippen LogP contribution in [-0.2, 0) is 16.4 Å². The Balaban J connectivity index is 1.89. The third-order valence-corrected chi connectivity index (χ3v) is 4.77. The van der Waals surface area contributed by atoms with E-state index in [0.29, 0.717) is 18.3 Å². The molecule has 0 saturated heterocycles. The number of nitrogens with one attached hydrogen (secondary N) is 2. The van der Waals surface area contributed by atoms with Crippen LogP contribution in [0.4, 0.5) is 11.6 Å². The van der Waals surface area contributed by atoms with Gasteiger partial charge in [0.1, 0.15) is 17.5 Å². The predicted octanol–water partition coefficient (Wildman–Crippen LogP) is 2.55. The molecule has 0 fully saturated rings. The number of hydrogen-bond acceptors (Lipinski definition) is 6. The molecule has 0 aliphatic carbocycles. The van der Waals surface area contributed by atoms with Gasteiger partial charge in [0.2, 0.25) is 10.0 Å². The maximum atomic E-state index is 11.3. The summed E-state index contributed by atoms with van der Waals surface area (Å²) < 4.78 is 22.5. The van der Waals surface area contributed by atoms with Crippen molar-refractivity contribution in [1.29, 1.82) is 0 Å². The van der Waals surface area contributed by atoms with Crippen LogP contribution < -0.4 is 15.8 Å². The van der Waals surface area contributed by atoms with Gasteiger partial charge >= 0.3 is 0 Å². The van der Waals surface area contributed by atoms with Gasteiger partial charge < -0.3 is 10.6 Å².